The average Bonchev–Trinajstić information content (AvgIpc) is 1.35. The molecule has 0 aliphatic rings. The summed E-state index contributed by atoms with van der Waals surface area (Å²) >= 11 is -0.868. The summed E-state index contributed by atoms with van der Waals surface area (Å²) in [7, 11) is -3.91. The van der Waals surface area contributed by atoms with Crippen LogP contribution in [0.3, 0.4) is 0 Å². The SMILES string of the molecule is CS(F)(F)SF. The highest BCUT2D eigenvalue weighted by Gasteiger charge is 2.14. The van der Waals surface area contributed by atoms with Crippen molar-refractivity contribution in [2.24, 2.45) is 0 Å². The van der Waals surface area contributed by atoms with Crippen molar-refractivity contribution in [3.05, 3.63) is 0 Å². The highest BCUT2D eigenvalue weighted by molar-refractivity contribution is 8.88. The predicted octanol–water partition coefficient (Wildman–Crippen LogP) is 2.72. The summed E-state index contributed by atoms with van der Waals surface area (Å²) in [5, 5.41) is 0. The summed E-state index contributed by atoms with van der Waals surface area (Å²) in [5.74, 6) is 0. The molecule has 0 saturated heterocycles. The minimum atomic E-state index is -3.91. The molecule has 0 heterocycles. The lowest BCUT2D eigenvalue weighted by atomic mass is 12.0. The van der Waals surface area contributed by atoms with Crippen LogP contribution in [0, 0.1) is 0 Å². The van der Waals surface area contributed by atoms with Gasteiger partial charge in [0.25, 0.3) is 0 Å². The molecule has 0 aliphatic heterocycles. The Morgan fingerprint density at radius 3 is 1.67 bits per heavy atom. The monoisotopic (exact) mass is 136 g/mol. The molecule has 0 amide bonds. The quantitative estimate of drug-likeness (QED) is 0.499. The molecule has 0 N–H and O–H groups in total. The van der Waals surface area contributed by atoms with Gasteiger partial charge in [-0.25, -0.2) is 0 Å². The van der Waals surface area contributed by atoms with Crippen molar-refractivity contribution in [1.82, 2.24) is 0 Å². The second-order valence-corrected chi connectivity index (χ2v) is 4.30. The topological polar surface area (TPSA) is 0 Å². The summed E-state index contributed by atoms with van der Waals surface area (Å²) in [6.07, 6.45) is 0.581. The third-order valence-corrected chi connectivity index (χ3v) is 0.996. The molecule has 0 saturated carbocycles. The van der Waals surface area contributed by atoms with E-state index >= 15 is 0 Å². The first-order chi connectivity index (χ1) is 2.56. The Bertz CT molecular complexity index is 38.5. The Balaban J connectivity index is 3.17. The van der Waals surface area contributed by atoms with Crippen LogP contribution in [-0.2, 0) is 0 Å². The van der Waals surface area contributed by atoms with Crippen LogP contribution in [0.25, 0.3) is 0 Å². The highest BCUT2D eigenvalue weighted by Crippen LogP contribution is 2.60. The van der Waals surface area contributed by atoms with E-state index in [1.807, 2.05) is 0 Å². The smallest absolute Gasteiger partial charge is 0.149 e. The van der Waals surface area contributed by atoms with Gasteiger partial charge in [0, 0.05) is 6.26 Å². The number of halogens is 3. The third kappa shape index (κ3) is 4.49. The van der Waals surface area contributed by atoms with E-state index in [1.54, 1.807) is 0 Å². The molecular formula is CH3F3S2. The molecule has 6 heavy (non-hydrogen) atoms. The molecule has 0 aromatic heterocycles. The first-order valence-electron chi connectivity index (χ1n) is 1.04. The Morgan fingerprint density at radius 1 is 1.50 bits per heavy atom. The largest absolute Gasteiger partial charge is 0.155 e. The maximum absolute atomic E-state index is 11.1. The summed E-state index contributed by atoms with van der Waals surface area (Å²) in [5.41, 5.74) is 0. The molecule has 0 atom stereocenters. The fourth-order valence-electron chi connectivity index (χ4n) is 0. The molecule has 0 nitrogen and oxygen atoms in total. The Kier molecular flexibility index (Phi) is 2.13. The molecule has 0 spiro atoms. The summed E-state index contributed by atoms with van der Waals surface area (Å²) in [6, 6.07) is 0. The standard InChI is InChI=1S/CH3F3S2/c1-6(3,4)5-2/h1H3. The molecule has 0 aromatic rings. The Morgan fingerprint density at radius 2 is 1.67 bits per heavy atom. The van der Waals surface area contributed by atoms with Gasteiger partial charge in [-0.2, -0.15) is 0 Å². The van der Waals surface area contributed by atoms with Gasteiger partial charge in [0.1, 0.15) is 9.83 Å². The zero-order valence-electron chi connectivity index (χ0n) is 2.95. The van der Waals surface area contributed by atoms with Crippen molar-refractivity contribution in [3.63, 3.8) is 0 Å². The zero-order chi connectivity index (χ0) is 5.21. The van der Waals surface area contributed by atoms with Crippen LogP contribution >= 0.6 is 21.0 Å². The molecule has 0 rings (SSSR count). The van der Waals surface area contributed by atoms with Crippen molar-refractivity contribution < 1.29 is 11.7 Å². The number of hydrogen-bond donors (Lipinski definition) is 0. The van der Waals surface area contributed by atoms with E-state index in [4.69, 9.17) is 0 Å². The van der Waals surface area contributed by atoms with Gasteiger partial charge in [0.15, 0.2) is 11.2 Å². The van der Waals surface area contributed by atoms with Crippen LogP contribution in [-0.4, -0.2) is 6.26 Å². The second-order valence-electron chi connectivity index (χ2n) is 0.723. The normalized spacial score (nSPS) is 14.7. The summed E-state index contributed by atoms with van der Waals surface area (Å²) < 4.78 is 32.9. The van der Waals surface area contributed by atoms with Crippen molar-refractivity contribution >= 4 is 21.0 Å². The van der Waals surface area contributed by atoms with Gasteiger partial charge in [-0.3, -0.25) is 0 Å². The zero-order valence-corrected chi connectivity index (χ0v) is 4.58. The maximum Gasteiger partial charge on any atom is 0.155 e. The van der Waals surface area contributed by atoms with Gasteiger partial charge < -0.3 is 0 Å². The van der Waals surface area contributed by atoms with Crippen molar-refractivity contribution in [3.8, 4) is 0 Å². The van der Waals surface area contributed by atoms with E-state index in [1.165, 1.54) is 0 Å². The summed E-state index contributed by atoms with van der Waals surface area (Å²) in [6.45, 7) is 0. The van der Waals surface area contributed by atoms with Gasteiger partial charge in [0.05, 0.1) is 0 Å². The lowest BCUT2D eigenvalue weighted by Crippen LogP contribution is -1.61. The fraction of sp³-hybridized carbons (Fsp3) is 1.00. The van der Waals surface area contributed by atoms with E-state index in [2.05, 4.69) is 0 Å². The molecule has 5 heteroatoms. The molecule has 0 bridgehead atoms. The summed E-state index contributed by atoms with van der Waals surface area (Å²) in [4.78, 5) is 0. The van der Waals surface area contributed by atoms with E-state index in [9.17, 15) is 11.7 Å². The van der Waals surface area contributed by atoms with Crippen LogP contribution in [0.5, 0.6) is 0 Å². The van der Waals surface area contributed by atoms with Gasteiger partial charge in [0.2, 0.25) is 0 Å². The van der Waals surface area contributed by atoms with Crippen LogP contribution in [0.4, 0.5) is 11.7 Å². The van der Waals surface area contributed by atoms with Crippen LogP contribution in [0.1, 0.15) is 0 Å². The Labute approximate surface area is 39.7 Å². The average molecular weight is 136 g/mol. The molecular weight excluding hydrogens is 133 g/mol. The molecule has 0 unspecified atom stereocenters. The molecule has 0 aromatic carbocycles. The van der Waals surface area contributed by atoms with Crippen molar-refractivity contribution in [1.29, 1.82) is 0 Å². The first-order valence-corrected chi connectivity index (χ1v) is 4.11. The predicted molar refractivity (Wildman–Crippen MR) is 24.4 cm³/mol. The minimum absolute atomic E-state index is 0.581. The molecule has 0 aliphatic carbocycles. The van der Waals surface area contributed by atoms with Crippen LogP contribution in [0.2, 0.25) is 0 Å². The lowest BCUT2D eigenvalue weighted by molar-refractivity contribution is 0.778. The first kappa shape index (κ1) is 6.49. The van der Waals surface area contributed by atoms with Crippen molar-refractivity contribution in [2.45, 2.75) is 0 Å². The van der Waals surface area contributed by atoms with Crippen molar-refractivity contribution in [2.75, 3.05) is 6.26 Å². The molecule has 40 valence electrons. The van der Waals surface area contributed by atoms with Crippen LogP contribution < -0.4 is 0 Å². The van der Waals surface area contributed by atoms with E-state index < -0.39 is 21.0 Å². The number of hydrogen-bond acceptors (Lipinski definition) is 1. The minimum Gasteiger partial charge on any atom is -0.149 e. The lowest BCUT2D eigenvalue weighted by Gasteiger charge is -2.02. The van der Waals surface area contributed by atoms with Gasteiger partial charge in [-0.1, -0.05) is 0 Å². The van der Waals surface area contributed by atoms with Gasteiger partial charge >= 0.3 is 0 Å². The number of rotatable bonds is 1. The Hall–Kier alpha value is 0.490. The van der Waals surface area contributed by atoms with E-state index in [0.717, 1.165) is 0 Å². The molecule has 0 radical (unpaired) electrons. The van der Waals surface area contributed by atoms with Gasteiger partial charge in [-0.05, 0) is 0 Å². The highest BCUT2D eigenvalue weighted by atomic mass is 33.2. The molecule has 0 fully saturated rings. The van der Waals surface area contributed by atoms with E-state index in [-0.39, 0.29) is 0 Å². The third-order valence-electron chi connectivity index (χ3n) is 0.111. The maximum atomic E-state index is 11.1. The van der Waals surface area contributed by atoms with Gasteiger partial charge in [-0.15, -0.1) is 11.7 Å². The fourth-order valence-corrected chi connectivity index (χ4v) is 0. The second kappa shape index (κ2) is 1.97. The van der Waals surface area contributed by atoms with Crippen LogP contribution in [0.15, 0.2) is 0 Å². The van der Waals surface area contributed by atoms with E-state index in [0.29, 0.717) is 6.26 Å².